The summed E-state index contributed by atoms with van der Waals surface area (Å²) < 4.78 is 16.9. The number of halogens is 1. The lowest BCUT2D eigenvalue weighted by molar-refractivity contribution is -0.125. The quantitative estimate of drug-likeness (QED) is 0.555. The van der Waals surface area contributed by atoms with Gasteiger partial charge in [0.25, 0.3) is 0 Å². The molecule has 0 atom stereocenters. The van der Waals surface area contributed by atoms with Crippen molar-refractivity contribution in [3.63, 3.8) is 0 Å². The minimum atomic E-state index is -0.0848. The van der Waals surface area contributed by atoms with Crippen molar-refractivity contribution in [3.8, 4) is 23.3 Å². The maximum Gasteiger partial charge on any atom is 0.321 e. The standard InChI is InChI=1S/C23H22ClN3O4/c1-14-9-17(7-8-19(14)31-23-25-12-16(24)13-26-23)27-22(28)15-10-18(11-15)30-21-6-4-3-5-20(21)29-2/h3-9,12-13,15,18H,10-11H2,1-2H3,(H,27,28). The van der Waals surface area contributed by atoms with Gasteiger partial charge < -0.3 is 19.5 Å². The molecule has 160 valence electrons. The SMILES string of the molecule is COc1ccccc1OC1CC(C(=O)Nc2ccc(Oc3ncc(Cl)cn3)c(C)c2)C1. The Balaban J connectivity index is 1.30. The molecule has 0 unspecified atom stereocenters. The van der Waals surface area contributed by atoms with Gasteiger partial charge in [0.1, 0.15) is 11.9 Å². The van der Waals surface area contributed by atoms with Gasteiger partial charge in [-0.25, -0.2) is 9.97 Å². The van der Waals surface area contributed by atoms with Crippen LogP contribution in [0.3, 0.4) is 0 Å². The molecule has 0 bridgehead atoms. The van der Waals surface area contributed by atoms with Gasteiger partial charge in [0, 0.05) is 11.6 Å². The molecule has 1 fully saturated rings. The second-order valence-corrected chi connectivity index (χ2v) is 7.75. The van der Waals surface area contributed by atoms with Crippen LogP contribution in [-0.4, -0.2) is 29.1 Å². The molecule has 0 saturated heterocycles. The van der Waals surface area contributed by atoms with E-state index in [1.165, 1.54) is 12.4 Å². The van der Waals surface area contributed by atoms with Crippen LogP contribution in [0.15, 0.2) is 54.9 Å². The van der Waals surface area contributed by atoms with E-state index in [0.717, 1.165) is 5.56 Å². The Hall–Kier alpha value is -3.32. The first-order chi connectivity index (χ1) is 15.0. The van der Waals surface area contributed by atoms with Gasteiger partial charge in [-0.15, -0.1) is 0 Å². The van der Waals surface area contributed by atoms with Gasteiger partial charge in [-0.2, -0.15) is 0 Å². The predicted octanol–water partition coefficient (Wildman–Crippen LogP) is 5.04. The first-order valence-corrected chi connectivity index (χ1v) is 10.3. The van der Waals surface area contributed by atoms with E-state index in [0.29, 0.717) is 40.8 Å². The highest BCUT2D eigenvalue weighted by atomic mass is 35.5. The number of nitrogens with zero attached hydrogens (tertiary/aromatic N) is 2. The fourth-order valence-electron chi connectivity index (χ4n) is 3.31. The summed E-state index contributed by atoms with van der Waals surface area (Å²) in [6, 6.07) is 13.1. The molecule has 31 heavy (non-hydrogen) atoms. The van der Waals surface area contributed by atoms with Gasteiger partial charge in [0.05, 0.1) is 24.5 Å². The van der Waals surface area contributed by atoms with Crippen molar-refractivity contribution in [2.75, 3.05) is 12.4 Å². The summed E-state index contributed by atoms with van der Waals surface area (Å²) in [6.45, 7) is 1.89. The molecule has 0 aliphatic heterocycles. The number of methoxy groups -OCH3 is 1. The first kappa shape index (κ1) is 20.9. The Bertz CT molecular complexity index is 1070. The molecule has 3 aromatic rings. The van der Waals surface area contributed by atoms with Crippen LogP contribution in [-0.2, 0) is 4.79 Å². The Morgan fingerprint density at radius 3 is 2.45 bits per heavy atom. The number of rotatable bonds is 7. The largest absolute Gasteiger partial charge is 0.493 e. The van der Waals surface area contributed by atoms with Crippen LogP contribution >= 0.6 is 11.6 Å². The monoisotopic (exact) mass is 439 g/mol. The number of aromatic nitrogens is 2. The number of benzene rings is 2. The van der Waals surface area contributed by atoms with Crippen molar-refractivity contribution in [3.05, 3.63) is 65.4 Å². The van der Waals surface area contributed by atoms with E-state index in [2.05, 4.69) is 15.3 Å². The van der Waals surface area contributed by atoms with Crippen molar-refractivity contribution >= 4 is 23.2 Å². The molecule has 1 N–H and O–H groups in total. The third-order valence-corrected chi connectivity index (χ3v) is 5.26. The van der Waals surface area contributed by atoms with Crippen LogP contribution in [0.5, 0.6) is 23.3 Å². The Labute approximate surface area is 185 Å². The lowest BCUT2D eigenvalue weighted by Gasteiger charge is -2.34. The first-order valence-electron chi connectivity index (χ1n) is 9.88. The summed E-state index contributed by atoms with van der Waals surface area (Å²) in [5.74, 6) is 1.89. The number of anilines is 1. The number of hydrogen-bond donors (Lipinski definition) is 1. The molecule has 4 rings (SSSR count). The topological polar surface area (TPSA) is 82.6 Å². The summed E-state index contributed by atoms with van der Waals surface area (Å²) in [4.78, 5) is 20.6. The second kappa shape index (κ2) is 9.22. The van der Waals surface area contributed by atoms with E-state index in [4.69, 9.17) is 25.8 Å². The van der Waals surface area contributed by atoms with Gasteiger partial charge >= 0.3 is 6.01 Å². The third kappa shape index (κ3) is 5.06. The summed E-state index contributed by atoms with van der Waals surface area (Å²) in [5.41, 5.74) is 1.56. The molecular formula is C23H22ClN3O4. The molecule has 7 nitrogen and oxygen atoms in total. The van der Waals surface area contributed by atoms with Crippen LogP contribution in [0.1, 0.15) is 18.4 Å². The predicted molar refractivity (Wildman–Crippen MR) is 117 cm³/mol. The number of carbonyl (C=O) groups excluding carboxylic acids is 1. The van der Waals surface area contributed by atoms with Crippen LogP contribution in [0, 0.1) is 12.8 Å². The normalized spacial score (nSPS) is 17.4. The van der Waals surface area contributed by atoms with Crippen LogP contribution < -0.4 is 19.5 Å². The van der Waals surface area contributed by atoms with E-state index in [-0.39, 0.29) is 23.9 Å². The lowest BCUT2D eigenvalue weighted by Crippen LogP contribution is -2.40. The molecule has 1 aliphatic carbocycles. The van der Waals surface area contributed by atoms with Crippen molar-refractivity contribution in [1.29, 1.82) is 0 Å². The molecule has 1 amide bonds. The molecule has 0 spiro atoms. The number of carbonyl (C=O) groups is 1. The number of para-hydroxylation sites is 2. The molecule has 8 heteroatoms. The van der Waals surface area contributed by atoms with Gasteiger partial charge in [0.15, 0.2) is 11.5 Å². The highest BCUT2D eigenvalue weighted by molar-refractivity contribution is 6.30. The second-order valence-electron chi connectivity index (χ2n) is 7.31. The fourth-order valence-corrected chi connectivity index (χ4v) is 3.41. The fraction of sp³-hybridized carbons (Fsp3) is 0.261. The molecule has 2 aromatic carbocycles. The number of hydrogen-bond acceptors (Lipinski definition) is 6. The number of nitrogens with one attached hydrogen (secondary N) is 1. The van der Waals surface area contributed by atoms with Crippen LogP contribution in [0.25, 0.3) is 0 Å². The number of ether oxygens (including phenoxy) is 3. The van der Waals surface area contributed by atoms with Crippen LogP contribution in [0.2, 0.25) is 5.02 Å². The Kier molecular flexibility index (Phi) is 6.23. The zero-order chi connectivity index (χ0) is 21.8. The summed E-state index contributed by atoms with van der Waals surface area (Å²) in [6.07, 6.45) is 4.27. The molecule has 1 heterocycles. The lowest BCUT2D eigenvalue weighted by atomic mass is 9.81. The zero-order valence-electron chi connectivity index (χ0n) is 17.2. The van der Waals surface area contributed by atoms with E-state index in [9.17, 15) is 4.79 Å². The van der Waals surface area contributed by atoms with Gasteiger partial charge in [-0.1, -0.05) is 23.7 Å². The average Bonchev–Trinajstić information content (AvgIpc) is 2.74. The molecule has 1 aliphatic rings. The minimum absolute atomic E-state index is 0.00365. The van der Waals surface area contributed by atoms with Crippen molar-refractivity contribution < 1.29 is 19.0 Å². The molecular weight excluding hydrogens is 418 g/mol. The third-order valence-electron chi connectivity index (χ3n) is 5.07. The van der Waals surface area contributed by atoms with E-state index in [1.807, 2.05) is 37.3 Å². The number of amides is 1. The van der Waals surface area contributed by atoms with Gasteiger partial charge in [0.2, 0.25) is 5.91 Å². The van der Waals surface area contributed by atoms with Crippen molar-refractivity contribution in [2.24, 2.45) is 5.92 Å². The highest BCUT2D eigenvalue weighted by Crippen LogP contribution is 2.36. The minimum Gasteiger partial charge on any atom is -0.493 e. The summed E-state index contributed by atoms with van der Waals surface area (Å²) in [5, 5.41) is 3.41. The molecule has 1 saturated carbocycles. The van der Waals surface area contributed by atoms with Crippen LogP contribution in [0.4, 0.5) is 5.69 Å². The van der Waals surface area contributed by atoms with E-state index >= 15 is 0 Å². The smallest absolute Gasteiger partial charge is 0.321 e. The summed E-state index contributed by atoms with van der Waals surface area (Å²) >= 11 is 5.79. The molecule has 1 aromatic heterocycles. The van der Waals surface area contributed by atoms with E-state index < -0.39 is 0 Å². The Morgan fingerprint density at radius 1 is 1.06 bits per heavy atom. The van der Waals surface area contributed by atoms with Gasteiger partial charge in [-0.05, 0) is 55.7 Å². The summed E-state index contributed by atoms with van der Waals surface area (Å²) in [7, 11) is 1.61. The zero-order valence-corrected chi connectivity index (χ0v) is 17.9. The maximum absolute atomic E-state index is 12.6. The van der Waals surface area contributed by atoms with Crippen molar-refractivity contribution in [1.82, 2.24) is 9.97 Å². The maximum atomic E-state index is 12.6. The molecule has 0 radical (unpaired) electrons. The highest BCUT2D eigenvalue weighted by Gasteiger charge is 2.36. The van der Waals surface area contributed by atoms with Gasteiger partial charge in [-0.3, -0.25) is 4.79 Å². The average molecular weight is 440 g/mol. The number of aryl methyl sites for hydroxylation is 1. The van der Waals surface area contributed by atoms with E-state index in [1.54, 1.807) is 19.2 Å². The Morgan fingerprint density at radius 2 is 1.77 bits per heavy atom. The van der Waals surface area contributed by atoms with Crippen molar-refractivity contribution in [2.45, 2.75) is 25.9 Å².